The van der Waals surface area contributed by atoms with Crippen LogP contribution in [0.15, 0.2) is 85.1 Å². The number of carbonyl (C=O) groups excluding carboxylic acids is 2. The maximum absolute atomic E-state index is 14.0. The van der Waals surface area contributed by atoms with E-state index in [2.05, 4.69) is 26.8 Å². The van der Waals surface area contributed by atoms with Crippen LogP contribution in [0.4, 0.5) is 10.9 Å². The number of benzene rings is 3. The van der Waals surface area contributed by atoms with Crippen LogP contribution in [0.1, 0.15) is 82.3 Å². The van der Waals surface area contributed by atoms with E-state index in [-0.39, 0.29) is 18.2 Å². The number of esters is 1. The van der Waals surface area contributed by atoms with Crippen molar-refractivity contribution in [3.05, 3.63) is 119 Å². The highest BCUT2D eigenvalue weighted by Gasteiger charge is 2.29. The highest BCUT2D eigenvalue weighted by atomic mass is 32.1. The van der Waals surface area contributed by atoms with Crippen molar-refractivity contribution in [1.29, 1.82) is 0 Å². The fraction of sp³-hybridized carbons (Fsp3) is 0.326. The molecule has 1 saturated carbocycles. The van der Waals surface area contributed by atoms with Crippen LogP contribution in [0.5, 0.6) is 5.75 Å². The van der Waals surface area contributed by atoms with Crippen molar-refractivity contribution in [3.8, 4) is 16.9 Å². The maximum atomic E-state index is 14.0. The fourth-order valence-corrected chi connectivity index (χ4v) is 8.58. The summed E-state index contributed by atoms with van der Waals surface area (Å²) in [7, 11) is 0. The molecule has 0 bridgehead atoms. The van der Waals surface area contributed by atoms with Gasteiger partial charge in [-0.2, -0.15) is 5.10 Å². The van der Waals surface area contributed by atoms with Crippen LogP contribution >= 0.6 is 11.3 Å². The minimum absolute atomic E-state index is 0.236. The van der Waals surface area contributed by atoms with Gasteiger partial charge in [-0.15, -0.1) is 0 Å². The Hall–Kier alpha value is -5.55. The number of nitrogens with one attached hydrogen (secondary N) is 1. The zero-order chi connectivity index (χ0) is 37.0. The Bertz CT molecular complexity index is 2260. The molecule has 1 aliphatic heterocycles. The summed E-state index contributed by atoms with van der Waals surface area (Å²) in [5.41, 5.74) is 7.15. The number of anilines is 2. The summed E-state index contributed by atoms with van der Waals surface area (Å²) in [6, 6.07) is 25.5. The largest absolute Gasteiger partial charge is 0.489 e. The molecule has 1 aliphatic carbocycles. The van der Waals surface area contributed by atoms with E-state index in [1.807, 2.05) is 85.1 Å². The van der Waals surface area contributed by atoms with Gasteiger partial charge in [-0.05, 0) is 86.6 Å². The number of fused-ring (bicyclic) bond motifs is 2. The first kappa shape index (κ1) is 35.5. The molecule has 54 heavy (non-hydrogen) atoms. The lowest BCUT2D eigenvalue weighted by Crippen LogP contribution is -2.33. The van der Waals surface area contributed by atoms with E-state index in [1.54, 1.807) is 6.92 Å². The third-order valence-electron chi connectivity index (χ3n) is 10.6. The average Bonchev–Trinajstić information content (AvgIpc) is 3.79. The molecule has 0 spiro atoms. The summed E-state index contributed by atoms with van der Waals surface area (Å²) in [4.78, 5) is 39.2. The van der Waals surface area contributed by atoms with Crippen LogP contribution in [-0.4, -0.2) is 44.8 Å². The predicted molar refractivity (Wildman–Crippen MR) is 212 cm³/mol. The molecule has 0 saturated heterocycles. The quantitative estimate of drug-likeness (QED) is 0.131. The molecule has 0 unspecified atom stereocenters. The van der Waals surface area contributed by atoms with Crippen molar-refractivity contribution in [2.24, 2.45) is 5.92 Å². The molecule has 0 atom stereocenters. The number of hydrogen-bond donors (Lipinski definition) is 1. The Morgan fingerprint density at radius 3 is 2.54 bits per heavy atom. The second-order valence-corrected chi connectivity index (χ2v) is 15.1. The van der Waals surface area contributed by atoms with E-state index >= 15 is 0 Å². The average molecular weight is 741 g/mol. The van der Waals surface area contributed by atoms with E-state index in [1.165, 1.54) is 43.4 Å². The Balaban J connectivity index is 1.11. The van der Waals surface area contributed by atoms with E-state index in [9.17, 15) is 9.59 Å². The van der Waals surface area contributed by atoms with Crippen LogP contribution in [0.3, 0.4) is 0 Å². The van der Waals surface area contributed by atoms with Gasteiger partial charge in [0.2, 0.25) is 0 Å². The van der Waals surface area contributed by atoms with Gasteiger partial charge in [0, 0.05) is 47.6 Å². The van der Waals surface area contributed by atoms with E-state index in [0.29, 0.717) is 54.1 Å². The predicted octanol–water partition coefficient (Wildman–Crippen LogP) is 9.01. The number of aromatic nitrogens is 4. The van der Waals surface area contributed by atoms with Crippen LogP contribution < -0.4 is 15.0 Å². The molecule has 2 aliphatic rings. The number of para-hydroxylation sites is 1. The number of pyridine rings is 1. The molecule has 0 radical (unpaired) electrons. The van der Waals surface area contributed by atoms with Gasteiger partial charge in [-0.1, -0.05) is 73.1 Å². The van der Waals surface area contributed by atoms with Gasteiger partial charge in [0.05, 0.1) is 23.0 Å². The SMILES string of the molecule is CCOC(=O)c1nc(N2CCc3c(OCc4ccccc4)ccc(C(=O)Nc4nc5ccccc5s4)c3C2)ccc1-c1cnn(CC2CCCCC2)c1C. The first-order chi connectivity index (χ1) is 26.4. The van der Waals surface area contributed by atoms with E-state index < -0.39 is 5.97 Å². The maximum Gasteiger partial charge on any atom is 0.357 e. The van der Waals surface area contributed by atoms with E-state index in [4.69, 9.17) is 19.6 Å². The number of thiazole rings is 1. The number of amides is 1. The standard InChI is InChI=1S/C43H44N6O4S/c1-3-52-42(51)40-32(34-24-44-49(28(34)2)25-29-12-6-4-7-13-29)19-21-39(46-40)48-23-22-31-35(26-48)33(18-20-37(31)53-27-30-14-8-5-9-15-30)41(50)47-43-45-36-16-10-11-17-38(36)54-43/h5,8-11,14-21,24,29H,3-4,6-7,12-13,22-23,25-27H2,1-2H3,(H,45,47,50). The zero-order valence-electron chi connectivity index (χ0n) is 30.7. The molecule has 8 rings (SSSR count). The zero-order valence-corrected chi connectivity index (χ0v) is 31.5. The van der Waals surface area contributed by atoms with Crippen LogP contribution in [-0.2, 0) is 30.9 Å². The molecule has 3 aromatic carbocycles. The molecule has 11 heteroatoms. The number of carbonyl (C=O) groups is 2. The van der Waals surface area contributed by atoms with Crippen LogP contribution in [0.2, 0.25) is 0 Å². The van der Waals surface area contributed by atoms with Crippen LogP contribution in [0, 0.1) is 12.8 Å². The molecule has 4 heterocycles. The second-order valence-electron chi connectivity index (χ2n) is 14.1. The van der Waals surface area contributed by atoms with Gasteiger partial charge in [-0.25, -0.2) is 14.8 Å². The second kappa shape index (κ2) is 15.8. The van der Waals surface area contributed by atoms with Crippen molar-refractivity contribution in [2.45, 2.75) is 72.1 Å². The summed E-state index contributed by atoms with van der Waals surface area (Å²) >= 11 is 1.44. The summed E-state index contributed by atoms with van der Waals surface area (Å²) in [5.74, 6) is 1.29. The molecule has 3 aromatic heterocycles. The van der Waals surface area contributed by atoms with Crippen LogP contribution in [0.25, 0.3) is 21.3 Å². The van der Waals surface area contributed by atoms with Gasteiger partial charge < -0.3 is 14.4 Å². The number of hydrogen-bond acceptors (Lipinski definition) is 9. The van der Waals surface area contributed by atoms with Gasteiger partial charge in [0.15, 0.2) is 10.8 Å². The van der Waals surface area contributed by atoms with Crippen molar-refractivity contribution in [2.75, 3.05) is 23.4 Å². The van der Waals surface area contributed by atoms with E-state index in [0.717, 1.165) is 50.5 Å². The lowest BCUT2D eigenvalue weighted by Gasteiger charge is -2.32. The Morgan fingerprint density at radius 1 is 0.907 bits per heavy atom. The number of rotatable bonds is 11. The molecule has 10 nitrogen and oxygen atoms in total. The van der Waals surface area contributed by atoms with Gasteiger partial charge in [0.1, 0.15) is 18.2 Å². The third kappa shape index (κ3) is 7.45. The lowest BCUT2D eigenvalue weighted by atomic mass is 9.89. The topological polar surface area (TPSA) is 111 Å². The Morgan fingerprint density at radius 2 is 1.72 bits per heavy atom. The summed E-state index contributed by atoms with van der Waals surface area (Å²) in [6.45, 7) is 6.41. The highest BCUT2D eigenvalue weighted by molar-refractivity contribution is 7.22. The molecule has 1 N–H and O–H groups in total. The van der Waals surface area contributed by atoms with Crippen molar-refractivity contribution < 1.29 is 19.1 Å². The summed E-state index contributed by atoms with van der Waals surface area (Å²) in [5, 5.41) is 8.35. The number of ether oxygens (including phenoxy) is 2. The first-order valence-corrected chi connectivity index (χ1v) is 19.7. The third-order valence-corrected chi connectivity index (χ3v) is 11.5. The summed E-state index contributed by atoms with van der Waals surface area (Å²) in [6.07, 6.45) is 8.77. The van der Waals surface area contributed by atoms with Crippen molar-refractivity contribution in [1.82, 2.24) is 19.7 Å². The molecular formula is C43H44N6O4S. The Kier molecular flexibility index (Phi) is 10.4. The van der Waals surface area contributed by atoms with Crippen molar-refractivity contribution >= 4 is 44.4 Å². The first-order valence-electron chi connectivity index (χ1n) is 18.9. The van der Waals surface area contributed by atoms with Gasteiger partial charge in [-0.3, -0.25) is 14.8 Å². The minimum Gasteiger partial charge on any atom is -0.489 e. The molecule has 6 aromatic rings. The number of nitrogens with zero attached hydrogens (tertiary/aromatic N) is 5. The van der Waals surface area contributed by atoms with Gasteiger partial charge >= 0.3 is 5.97 Å². The molecule has 1 amide bonds. The highest BCUT2D eigenvalue weighted by Crippen LogP contribution is 2.36. The normalized spacial score (nSPS) is 14.5. The molecule has 1 fully saturated rings. The minimum atomic E-state index is -0.473. The molecular weight excluding hydrogens is 697 g/mol. The lowest BCUT2D eigenvalue weighted by molar-refractivity contribution is 0.0520. The van der Waals surface area contributed by atoms with Crippen molar-refractivity contribution in [3.63, 3.8) is 0 Å². The smallest absolute Gasteiger partial charge is 0.357 e. The fourth-order valence-electron chi connectivity index (χ4n) is 7.72. The summed E-state index contributed by atoms with van der Waals surface area (Å²) < 4.78 is 15.0. The molecule has 276 valence electrons. The Labute approximate surface area is 319 Å². The van der Waals surface area contributed by atoms with Gasteiger partial charge in [0.25, 0.3) is 5.91 Å². The monoisotopic (exact) mass is 740 g/mol.